The summed E-state index contributed by atoms with van der Waals surface area (Å²) in [6.07, 6.45) is 6.48. The Kier molecular flexibility index (Phi) is 7.00. The van der Waals surface area contributed by atoms with Crippen LogP contribution in [0.4, 0.5) is 4.39 Å². The molecular weight excluding hydrogens is 435 g/mol. The third-order valence-corrected chi connectivity index (χ3v) is 8.43. The van der Waals surface area contributed by atoms with Gasteiger partial charge in [-0.05, 0) is 120 Å². The van der Waals surface area contributed by atoms with E-state index in [0.29, 0.717) is 23.9 Å². The largest absolute Gasteiger partial charge is 0.354 e. The third kappa shape index (κ3) is 4.90. The first kappa shape index (κ1) is 24.5. The number of benzene rings is 1. The summed E-state index contributed by atoms with van der Waals surface area (Å²) in [6, 6.07) is 9.39. The Bertz CT molecular complexity index is 1160. The lowest BCUT2D eigenvalue weighted by Gasteiger charge is -2.43. The third-order valence-electron chi connectivity index (χ3n) is 8.43. The molecule has 0 saturated carbocycles. The number of hydrogen-bond donors (Lipinski definition) is 1. The van der Waals surface area contributed by atoms with Gasteiger partial charge in [0.15, 0.2) is 0 Å². The normalized spacial score (nSPS) is 19.4. The number of rotatable bonds is 5. The van der Waals surface area contributed by atoms with E-state index < -0.39 is 0 Å². The summed E-state index contributed by atoms with van der Waals surface area (Å²) in [6.45, 7) is 15.6. The summed E-state index contributed by atoms with van der Waals surface area (Å²) in [7, 11) is 0. The molecule has 3 aromatic rings. The maximum absolute atomic E-state index is 15.4. The van der Waals surface area contributed by atoms with Gasteiger partial charge in [-0.2, -0.15) is 0 Å². The molecule has 2 aromatic heterocycles. The van der Waals surface area contributed by atoms with Crippen molar-refractivity contribution in [3.8, 4) is 11.3 Å². The number of nitrogens with zero attached hydrogens (tertiary/aromatic N) is 3. The lowest BCUT2D eigenvalue weighted by atomic mass is 9.86. The van der Waals surface area contributed by atoms with E-state index in [4.69, 9.17) is 0 Å². The van der Waals surface area contributed by atoms with Crippen molar-refractivity contribution in [1.82, 2.24) is 19.8 Å². The lowest BCUT2D eigenvalue weighted by molar-refractivity contribution is 0.0751. The minimum Gasteiger partial charge on any atom is -0.354 e. The van der Waals surface area contributed by atoms with E-state index in [-0.39, 0.29) is 5.82 Å². The molecular formula is C30H41FN4. The highest BCUT2D eigenvalue weighted by Gasteiger charge is 2.30. The van der Waals surface area contributed by atoms with Crippen molar-refractivity contribution < 1.29 is 4.39 Å². The van der Waals surface area contributed by atoms with Gasteiger partial charge in [0.25, 0.3) is 0 Å². The first-order valence-corrected chi connectivity index (χ1v) is 13.6. The van der Waals surface area contributed by atoms with E-state index in [9.17, 15) is 0 Å². The first-order chi connectivity index (χ1) is 16.8. The standard InChI is InChI=1S/C30H41FN4/c1-19(2)29-26-17-25(27(31)18-28(26)33-30(29)23-6-11-32-21(5)16-23)22-7-12-35(13-8-22)24-9-14-34(15-10-24)20(3)4/h6,11,16-20,22,24,33H,7-10,12-15H2,1-5H3. The summed E-state index contributed by atoms with van der Waals surface area (Å²) in [5.41, 5.74) is 6.29. The molecule has 1 N–H and O–H groups in total. The SMILES string of the molecule is Cc1cc(-c2[nH]c3cc(F)c(C4CCN(C5CCN(C(C)C)CC5)CC4)cc3c2C(C)C)ccn1. The highest BCUT2D eigenvalue weighted by atomic mass is 19.1. The maximum atomic E-state index is 15.4. The van der Waals surface area contributed by atoms with E-state index in [1.807, 2.05) is 19.2 Å². The van der Waals surface area contributed by atoms with Crippen LogP contribution in [0.15, 0.2) is 30.5 Å². The molecule has 1 aromatic carbocycles. The summed E-state index contributed by atoms with van der Waals surface area (Å²) < 4.78 is 15.4. The smallest absolute Gasteiger partial charge is 0.128 e. The van der Waals surface area contributed by atoms with Gasteiger partial charge in [-0.15, -0.1) is 0 Å². The van der Waals surface area contributed by atoms with Gasteiger partial charge < -0.3 is 14.8 Å². The number of likely N-dealkylation sites (tertiary alicyclic amines) is 2. The highest BCUT2D eigenvalue weighted by Crippen LogP contribution is 2.40. The van der Waals surface area contributed by atoms with Gasteiger partial charge in [0.05, 0.1) is 5.69 Å². The fourth-order valence-electron chi connectivity index (χ4n) is 6.44. The van der Waals surface area contributed by atoms with E-state index in [0.717, 1.165) is 54.0 Å². The van der Waals surface area contributed by atoms with E-state index in [2.05, 4.69) is 59.6 Å². The van der Waals surface area contributed by atoms with Crippen molar-refractivity contribution in [2.24, 2.45) is 0 Å². The molecule has 2 saturated heterocycles. The number of H-pyrrole nitrogens is 1. The van der Waals surface area contributed by atoms with Gasteiger partial charge in [-0.25, -0.2) is 4.39 Å². The topological polar surface area (TPSA) is 35.2 Å². The zero-order valence-electron chi connectivity index (χ0n) is 22.1. The predicted octanol–water partition coefficient (Wildman–Crippen LogP) is 6.85. The van der Waals surface area contributed by atoms with Crippen LogP contribution in [0.2, 0.25) is 0 Å². The minimum absolute atomic E-state index is 0.0600. The summed E-state index contributed by atoms with van der Waals surface area (Å²) in [4.78, 5) is 13.2. The van der Waals surface area contributed by atoms with E-state index in [1.54, 1.807) is 6.07 Å². The number of fused-ring (bicyclic) bond motifs is 1. The molecule has 2 aliphatic rings. The van der Waals surface area contributed by atoms with Crippen LogP contribution in [0.25, 0.3) is 22.2 Å². The molecule has 188 valence electrons. The van der Waals surface area contributed by atoms with Crippen LogP contribution in [0.3, 0.4) is 0 Å². The zero-order valence-corrected chi connectivity index (χ0v) is 22.1. The second-order valence-corrected chi connectivity index (χ2v) is 11.3. The maximum Gasteiger partial charge on any atom is 0.128 e. The van der Waals surface area contributed by atoms with Crippen LogP contribution >= 0.6 is 0 Å². The van der Waals surface area contributed by atoms with E-state index in [1.165, 1.54) is 36.9 Å². The minimum atomic E-state index is -0.0600. The molecule has 4 nitrogen and oxygen atoms in total. The van der Waals surface area contributed by atoms with Gasteiger partial charge in [-0.1, -0.05) is 13.8 Å². The predicted molar refractivity (Wildman–Crippen MR) is 144 cm³/mol. The fraction of sp³-hybridized carbons (Fsp3) is 0.567. The number of hydrogen-bond acceptors (Lipinski definition) is 3. The van der Waals surface area contributed by atoms with Crippen LogP contribution < -0.4 is 0 Å². The van der Waals surface area contributed by atoms with Crippen molar-refractivity contribution >= 4 is 10.9 Å². The Labute approximate surface area is 209 Å². The Hall–Kier alpha value is -2.24. The van der Waals surface area contributed by atoms with Crippen molar-refractivity contribution in [2.75, 3.05) is 26.2 Å². The Morgan fingerprint density at radius 2 is 1.69 bits per heavy atom. The fourth-order valence-corrected chi connectivity index (χ4v) is 6.44. The van der Waals surface area contributed by atoms with Crippen molar-refractivity contribution in [1.29, 1.82) is 0 Å². The van der Waals surface area contributed by atoms with Crippen LogP contribution in [-0.2, 0) is 0 Å². The zero-order chi connectivity index (χ0) is 24.7. The number of aryl methyl sites for hydroxylation is 1. The molecule has 0 spiro atoms. The molecule has 0 unspecified atom stereocenters. The second kappa shape index (κ2) is 10.0. The van der Waals surface area contributed by atoms with Gasteiger partial charge in [0.1, 0.15) is 5.82 Å². The number of nitrogens with one attached hydrogen (secondary N) is 1. The molecule has 5 rings (SSSR count). The number of aromatic amines is 1. The second-order valence-electron chi connectivity index (χ2n) is 11.3. The average Bonchev–Trinajstić information content (AvgIpc) is 3.22. The first-order valence-electron chi connectivity index (χ1n) is 13.6. The monoisotopic (exact) mass is 476 g/mol. The molecule has 0 radical (unpaired) electrons. The van der Waals surface area contributed by atoms with Crippen molar-refractivity contribution in [3.05, 3.63) is 53.1 Å². The molecule has 0 amide bonds. The average molecular weight is 477 g/mol. The number of piperidine rings is 2. The highest BCUT2D eigenvalue weighted by molar-refractivity contribution is 5.92. The summed E-state index contributed by atoms with van der Waals surface area (Å²) in [5.74, 6) is 0.576. The molecule has 2 fully saturated rings. The molecule has 2 aliphatic heterocycles. The molecule has 0 aliphatic carbocycles. The van der Waals surface area contributed by atoms with Gasteiger partial charge in [0.2, 0.25) is 0 Å². The Morgan fingerprint density at radius 3 is 2.31 bits per heavy atom. The Balaban J connectivity index is 1.37. The number of halogens is 1. The summed E-state index contributed by atoms with van der Waals surface area (Å²) >= 11 is 0. The van der Waals surface area contributed by atoms with Crippen molar-refractivity contribution in [3.63, 3.8) is 0 Å². The molecule has 0 atom stereocenters. The molecule has 4 heterocycles. The van der Waals surface area contributed by atoms with Gasteiger partial charge >= 0.3 is 0 Å². The van der Waals surface area contributed by atoms with E-state index >= 15 is 4.39 Å². The quantitative estimate of drug-likeness (QED) is 0.437. The lowest BCUT2D eigenvalue weighted by Crippen LogP contribution is -2.48. The van der Waals surface area contributed by atoms with Gasteiger partial charge in [-0.3, -0.25) is 4.98 Å². The van der Waals surface area contributed by atoms with Crippen LogP contribution in [0.5, 0.6) is 0 Å². The number of pyridine rings is 1. The van der Waals surface area contributed by atoms with Gasteiger partial charge in [0, 0.05) is 40.4 Å². The molecule has 35 heavy (non-hydrogen) atoms. The van der Waals surface area contributed by atoms with Crippen LogP contribution in [-0.4, -0.2) is 58.0 Å². The number of aromatic nitrogens is 2. The van der Waals surface area contributed by atoms with Crippen LogP contribution in [0.1, 0.15) is 82.0 Å². The Morgan fingerprint density at radius 1 is 0.971 bits per heavy atom. The van der Waals surface area contributed by atoms with Crippen LogP contribution in [0, 0.1) is 12.7 Å². The summed E-state index contributed by atoms with van der Waals surface area (Å²) in [5, 5.41) is 1.17. The molecule has 0 bridgehead atoms. The molecule has 5 heteroatoms. The van der Waals surface area contributed by atoms with Crippen molar-refractivity contribution in [2.45, 2.75) is 84.2 Å².